The minimum Gasteiger partial charge on any atom is -0.433 e. The standard InChI is InChI=1S/C48H90N2O3/c1-6-9-11-13-15-17-19-21-23-25-27-29-31-33-35-37-39-47(53-48(51)52-45-44-50(42-8-3)43-41-49-46(4)5)40-38-36-34-32-30-28-26-24-22-20-18-16-14-12-10-7-2/h15-18,21-24,46-47,49H,6-14,19-20,25-45H2,1-5H3/b17-15-,18-16-,23-21-,24-22-. The summed E-state index contributed by atoms with van der Waals surface area (Å²) < 4.78 is 11.5. The van der Waals surface area contributed by atoms with E-state index >= 15 is 0 Å². The predicted molar refractivity (Wildman–Crippen MR) is 234 cm³/mol. The first-order chi connectivity index (χ1) is 26.0. The van der Waals surface area contributed by atoms with Gasteiger partial charge in [-0.2, -0.15) is 0 Å². The largest absolute Gasteiger partial charge is 0.508 e. The van der Waals surface area contributed by atoms with Gasteiger partial charge in [-0.15, -0.1) is 0 Å². The summed E-state index contributed by atoms with van der Waals surface area (Å²) in [5.74, 6) is 0. The van der Waals surface area contributed by atoms with E-state index in [1.807, 2.05) is 0 Å². The molecule has 1 N–H and O–H groups in total. The predicted octanol–water partition coefficient (Wildman–Crippen LogP) is 14.6. The third kappa shape index (κ3) is 41.2. The molecular weight excluding hydrogens is 653 g/mol. The molecule has 0 amide bonds. The van der Waals surface area contributed by atoms with E-state index in [0.717, 1.165) is 71.1 Å². The van der Waals surface area contributed by atoms with Gasteiger partial charge in [-0.05, 0) is 103 Å². The molecule has 0 saturated heterocycles. The van der Waals surface area contributed by atoms with Gasteiger partial charge < -0.3 is 14.8 Å². The Balaban J connectivity index is 4.38. The first kappa shape index (κ1) is 51.1. The van der Waals surface area contributed by atoms with Crippen molar-refractivity contribution in [3.8, 4) is 0 Å². The number of hydrogen-bond acceptors (Lipinski definition) is 5. The van der Waals surface area contributed by atoms with Crippen LogP contribution in [-0.2, 0) is 9.47 Å². The van der Waals surface area contributed by atoms with Crippen molar-refractivity contribution in [1.82, 2.24) is 10.2 Å². The van der Waals surface area contributed by atoms with E-state index in [1.165, 1.54) is 128 Å². The summed E-state index contributed by atoms with van der Waals surface area (Å²) in [4.78, 5) is 15.1. The molecule has 0 aliphatic heterocycles. The molecule has 0 bridgehead atoms. The van der Waals surface area contributed by atoms with Gasteiger partial charge in [0.25, 0.3) is 0 Å². The van der Waals surface area contributed by atoms with Crippen LogP contribution in [0.25, 0.3) is 0 Å². The van der Waals surface area contributed by atoms with E-state index in [4.69, 9.17) is 9.47 Å². The molecule has 5 heteroatoms. The van der Waals surface area contributed by atoms with Gasteiger partial charge >= 0.3 is 6.16 Å². The van der Waals surface area contributed by atoms with Crippen LogP contribution in [0.5, 0.6) is 0 Å². The minimum atomic E-state index is -0.480. The van der Waals surface area contributed by atoms with Crippen molar-refractivity contribution in [2.75, 3.05) is 32.8 Å². The molecule has 0 aliphatic carbocycles. The smallest absolute Gasteiger partial charge is 0.433 e. The highest BCUT2D eigenvalue weighted by Gasteiger charge is 2.16. The van der Waals surface area contributed by atoms with E-state index in [2.05, 4.69) is 93.4 Å². The Morgan fingerprint density at radius 2 is 0.962 bits per heavy atom. The zero-order valence-electron chi connectivity index (χ0n) is 36.1. The molecule has 310 valence electrons. The van der Waals surface area contributed by atoms with Crippen molar-refractivity contribution < 1.29 is 14.3 Å². The first-order valence-corrected chi connectivity index (χ1v) is 22.9. The molecule has 5 nitrogen and oxygen atoms in total. The maximum absolute atomic E-state index is 12.7. The Hall–Kier alpha value is -1.85. The fraction of sp³-hybridized carbons (Fsp3) is 0.812. The third-order valence-corrected chi connectivity index (χ3v) is 9.86. The molecule has 0 fully saturated rings. The Morgan fingerprint density at radius 1 is 0.528 bits per heavy atom. The molecule has 0 aromatic carbocycles. The number of hydrogen-bond donors (Lipinski definition) is 1. The van der Waals surface area contributed by atoms with Crippen molar-refractivity contribution in [3.63, 3.8) is 0 Å². The highest BCUT2D eigenvalue weighted by atomic mass is 16.7. The second-order valence-electron chi connectivity index (χ2n) is 15.5. The van der Waals surface area contributed by atoms with Gasteiger partial charge in [0.05, 0.1) is 0 Å². The van der Waals surface area contributed by atoms with Gasteiger partial charge in [0, 0.05) is 25.7 Å². The molecule has 0 unspecified atom stereocenters. The Morgan fingerprint density at radius 3 is 1.40 bits per heavy atom. The van der Waals surface area contributed by atoms with E-state index in [0.29, 0.717) is 12.6 Å². The first-order valence-electron chi connectivity index (χ1n) is 22.9. The number of nitrogens with zero attached hydrogens (tertiary/aromatic N) is 1. The number of ether oxygens (including phenoxy) is 2. The van der Waals surface area contributed by atoms with Crippen LogP contribution in [0.3, 0.4) is 0 Å². The lowest BCUT2D eigenvalue weighted by Gasteiger charge is -2.23. The maximum Gasteiger partial charge on any atom is 0.508 e. The lowest BCUT2D eigenvalue weighted by atomic mass is 10.0. The zero-order chi connectivity index (χ0) is 38.7. The van der Waals surface area contributed by atoms with Crippen LogP contribution in [0.2, 0.25) is 0 Å². The van der Waals surface area contributed by atoms with Crippen molar-refractivity contribution >= 4 is 6.16 Å². The van der Waals surface area contributed by atoms with Crippen molar-refractivity contribution in [3.05, 3.63) is 48.6 Å². The lowest BCUT2D eigenvalue weighted by Crippen LogP contribution is -2.37. The second kappa shape index (κ2) is 42.9. The van der Waals surface area contributed by atoms with Crippen LogP contribution >= 0.6 is 0 Å². The molecule has 0 aliphatic rings. The number of carbonyl (C=O) groups is 1. The number of unbranched alkanes of at least 4 members (excludes halogenated alkanes) is 18. The lowest BCUT2D eigenvalue weighted by molar-refractivity contribution is 0.0120. The molecule has 0 saturated carbocycles. The minimum absolute atomic E-state index is 0.0267. The number of nitrogens with one attached hydrogen (secondary N) is 1. The molecular formula is C48H90N2O3. The summed E-state index contributed by atoms with van der Waals surface area (Å²) in [6, 6.07) is 0.483. The molecule has 0 spiro atoms. The highest BCUT2D eigenvalue weighted by molar-refractivity contribution is 5.60. The quantitative estimate of drug-likeness (QED) is 0.0385. The van der Waals surface area contributed by atoms with Gasteiger partial charge in [-0.1, -0.05) is 160 Å². The fourth-order valence-corrected chi connectivity index (χ4v) is 6.57. The second-order valence-corrected chi connectivity index (χ2v) is 15.5. The Labute approximate surface area is 331 Å². The molecule has 0 radical (unpaired) electrons. The van der Waals surface area contributed by atoms with Crippen LogP contribution < -0.4 is 5.32 Å². The van der Waals surface area contributed by atoms with Gasteiger partial charge in [0.2, 0.25) is 0 Å². The monoisotopic (exact) mass is 743 g/mol. The molecule has 53 heavy (non-hydrogen) atoms. The number of allylic oxidation sites excluding steroid dienone is 8. The molecule has 0 aromatic heterocycles. The molecule has 0 rings (SSSR count). The maximum atomic E-state index is 12.7. The fourth-order valence-electron chi connectivity index (χ4n) is 6.57. The van der Waals surface area contributed by atoms with Gasteiger partial charge in [-0.25, -0.2) is 4.79 Å². The number of rotatable bonds is 40. The summed E-state index contributed by atoms with van der Waals surface area (Å²) in [7, 11) is 0. The summed E-state index contributed by atoms with van der Waals surface area (Å²) in [6.07, 6.45) is 51.1. The Kier molecular flexibility index (Phi) is 41.4. The van der Waals surface area contributed by atoms with E-state index in [-0.39, 0.29) is 6.10 Å². The molecule has 0 atom stereocenters. The SMILES string of the molecule is CCCCC/C=C\C/C=C\CCCCCCCCC(CCCCCCCC/C=C\C/C=C\CCCCC)OC(=O)OCCN(CCC)CCNC(C)C. The average molecular weight is 743 g/mol. The zero-order valence-corrected chi connectivity index (χ0v) is 36.1. The normalized spacial score (nSPS) is 12.4. The number of carbonyl (C=O) groups excluding carboxylic acids is 1. The van der Waals surface area contributed by atoms with Crippen molar-refractivity contribution in [1.29, 1.82) is 0 Å². The topological polar surface area (TPSA) is 50.8 Å². The van der Waals surface area contributed by atoms with Crippen LogP contribution in [-0.4, -0.2) is 56.0 Å². The summed E-state index contributed by atoms with van der Waals surface area (Å²) in [5.41, 5.74) is 0. The molecule has 0 heterocycles. The van der Waals surface area contributed by atoms with Crippen LogP contribution in [0.15, 0.2) is 48.6 Å². The van der Waals surface area contributed by atoms with Gasteiger partial charge in [-0.3, -0.25) is 4.90 Å². The van der Waals surface area contributed by atoms with E-state index in [9.17, 15) is 4.79 Å². The van der Waals surface area contributed by atoms with Crippen LogP contribution in [0.4, 0.5) is 4.79 Å². The third-order valence-electron chi connectivity index (χ3n) is 9.86. The van der Waals surface area contributed by atoms with E-state index in [1.54, 1.807) is 0 Å². The summed E-state index contributed by atoms with van der Waals surface area (Å²) in [6.45, 7) is 15.1. The summed E-state index contributed by atoms with van der Waals surface area (Å²) >= 11 is 0. The average Bonchev–Trinajstić information content (AvgIpc) is 3.14. The van der Waals surface area contributed by atoms with Crippen LogP contribution in [0, 0.1) is 0 Å². The highest BCUT2D eigenvalue weighted by Crippen LogP contribution is 2.18. The van der Waals surface area contributed by atoms with Crippen molar-refractivity contribution in [2.45, 2.75) is 220 Å². The van der Waals surface area contributed by atoms with Crippen LogP contribution in [0.1, 0.15) is 208 Å². The van der Waals surface area contributed by atoms with E-state index < -0.39 is 6.16 Å². The van der Waals surface area contributed by atoms with Gasteiger partial charge in [0.1, 0.15) is 12.7 Å². The Bertz CT molecular complexity index is 817. The molecule has 0 aromatic rings. The summed E-state index contributed by atoms with van der Waals surface area (Å²) in [5, 5.41) is 3.49. The van der Waals surface area contributed by atoms with Crippen molar-refractivity contribution in [2.24, 2.45) is 0 Å². The van der Waals surface area contributed by atoms with Gasteiger partial charge in [0.15, 0.2) is 0 Å².